The van der Waals surface area contributed by atoms with Crippen LogP contribution in [0, 0.1) is 5.41 Å². The lowest BCUT2D eigenvalue weighted by molar-refractivity contribution is 0.144. The molecule has 16 heavy (non-hydrogen) atoms. The molecule has 94 valence electrons. The first-order valence-electron chi connectivity index (χ1n) is 5.54. The van der Waals surface area contributed by atoms with E-state index in [0.717, 1.165) is 12.8 Å². The lowest BCUT2D eigenvalue weighted by Crippen LogP contribution is -2.27. The minimum absolute atomic E-state index is 0.0646. The predicted octanol–water partition coefficient (Wildman–Crippen LogP) is 1.92. The zero-order valence-electron chi connectivity index (χ0n) is 9.75. The first-order chi connectivity index (χ1) is 7.66. The summed E-state index contributed by atoms with van der Waals surface area (Å²) in [4.78, 5) is 11.1. The van der Waals surface area contributed by atoms with Crippen molar-refractivity contribution in [2.75, 3.05) is 18.9 Å². The Morgan fingerprint density at radius 1 is 1.44 bits per heavy atom. The fourth-order valence-corrected chi connectivity index (χ4v) is 1.48. The van der Waals surface area contributed by atoms with Crippen molar-refractivity contribution in [2.45, 2.75) is 32.6 Å². The average Bonchev–Trinajstić information content (AvgIpc) is 2.24. The van der Waals surface area contributed by atoms with Crippen molar-refractivity contribution in [3.63, 3.8) is 0 Å². The Bertz CT molecular complexity index is 212. The molecule has 0 bridgehead atoms. The lowest BCUT2D eigenvalue weighted by atomic mass is 10.2. The maximum atomic E-state index is 11.1. The number of nitrogens with one attached hydrogen (secondary N) is 2. The molecule has 0 aromatic carbocycles. The second-order valence-electron chi connectivity index (χ2n) is 3.34. The molecule has 0 rings (SSSR count). The molecule has 6 heteroatoms. The number of amides is 1. The van der Waals surface area contributed by atoms with Crippen molar-refractivity contribution in [2.24, 2.45) is 5.73 Å². The third-order valence-corrected chi connectivity index (χ3v) is 2.58. The number of alkyl carbamates (subject to hydrolysis) is 1. The molecule has 0 fully saturated rings. The number of thioether (sulfide) groups is 1. The normalized spacial score (nSPS) is 9.81. The summed E-state index contributed by atoms with van der Waals surface area (Å²) in [6.07, 6.45) is 3.99. The molecule has 0 saturated carbocycles. The van der Waals surface area contributed by atoms with Gasteiger partial charge in [-0.15, -0.1) is 0 Å². The molecule has 0 aromatic heterocycles. The summed E-state index contributed by atoms with van der Waals surface area (Å²) in [5.74, 6) is 0.597. The Morgan fingerprint density at radius 2 is 2.19 bits per heavy atom. The average molecular weight is 247 g/mol. The van der Waals surface area contributed by atoms with Gasteiger partial charge >= 0.3 is 6.09 Å². The van der Waals surface area contributed by atoms with Crippen molar-refractivity contribution in [3.05, 3.63) is 0 Å². The number of ether oxygens (including phenoxy) is 1. The highest BCUT2D eigenvalue weighted by Crippen LogP contribution is 1.99. The molecule has 0 spiro atoms. The number of amidine groups is 1. The monoisotopic (exact) mass is 247 g/mol. The summed E-state index contributed by atoms with van der Waals surface area (Å²) < 4.78 is 4.95. The summed E-state index contributed by atoms with van der Waals surface area (Å²) >= 11 is 1.20. The molecule has 0 aliphatic heterocycles. The summed E-state index contributed by atoms with van der Waals surface area (Å²) in [5.41, 5.74) is 5.14. The molecule has 4 N–H and O–H groups in total. The number of unbranched alkanes of at least 4 members (excludes halogenated alkanes) is 3. The molecule has 5 nitrogen and oxygen atoms in total. The third kappa shape index (κ3) is 11.2. The first kappa shape index (κ1) is 15.1. The van der Waals surface area contributed by atoms with Crippen molar-refractivity contribution in [3.8, 4) is 0 Å². The molecule has 0 heterocycles. The van der Waals surface area contributed by atoms with Gasteiger partial charge in [0.1, 0.15) is 0 Å². The van der Waals surface area contributed by atoms with Gasteiger partial charge in [-0.25, -0.2) is 4.79 Å². The quantitative estimate of drug-likeness (QED) is 0.347. The number of carbonyl (C=O) groups excluding carboxylic acids is 1. The highest BCUT2D eigenvalue weighted by atomic mass is 32.2. The van der Waals surface area contributed by atoms with Crippen LogP contribution in [0.15, 0.2) is 0 Å². The van der Waals surface area contributed by atoms with E-state index >= 15 is 0 Å². The van der Waals surface area contributed by atoms with Crippen LogP contribution in [0.25, 0.3) is 0 Å². The highest BCUT2D eigenvalue weighted by Gasteiger charge is 2.00. The van der Waals surface area contributed by atoms with Gasteiger partial charge in [-0.05, 0) is 6.42 Å². The van der Waals surface area contributed by atoms with Crippen molar-refractivity contribution in [1.29, 1.82) is 5.41 Å². The van der Waals surface area contributed by atoms with Gasteiger partial charge in [-0.1, -0.05) is 37.9 Å². The fraction of sp³-hybridized carbons (Fsp3) is 0.800. The molecule has 0 aliphatic carbocycles. The molecular formula is C10H21N3O2S. The summed E-state index contributed by atoms with van der Waals surface area (Å²) in [5, 5.41) is 9.61. The lowest BCUT2D eigenvalue weighted by Gasteiger charge is -2.06. The molecule has 0 atom stereocenters. The zero-order valence-corrected chi connectivity index (χ0v) is 10.6. The Hall–Kier alpha value is -0.910. The van der Waals surface area contributed by atoms with E-state index in [1.807, 2.05) is 0 Å². The number of hydrogen-bond donors (Lipinski definition) is 3. The van der Waals surface area contributed by atoms with E-state index in [-0.39, 0.29) is 11.3 Å². The standard InChI is InChI=1S/C10H21N3O2S/c1-2-3-4-5-7-15-10(14)13-6-8-16-9(11)12/h2-8H2,1H3,(H3,11,12)(H,13,14). The minimum Gasteiger partial charge on any atom is -0.450 e. The van der Waals surface area contributed by atoms with Gasteiger partial charge in [0.15, 0.2) is 5.17 Å². The van der Waals surface area contributed by atoms with Crippen LogP contribution >= 0.6 is 11.8 Å². The number of nitrogens with two attached hydrogens (primary N) is 1. The van der Waals surface area contributed by atoms with Crippen LogP contribution in [0.1, 0.15) is 32.6 Å². The van der Waals surface area contributed by atoms with E-state index in [9.17, 15) is 4.79 Å². The van der Waals surface area contributed by atoms with Crippen LogP contribution < -0.4 is 11.1 Å². The Balaban J connectivity index is 3.21. The van der Waals surface area contributed by atoms with Crippen LogP contribution in [-0.4, -0.2) is 30.2 Å². The third-order valence-electron chi connectivity index (χ3n) is 1.86. The number of rotatable bonds is 8. The van der Waals surface area contributed by atoms with Crippen LogP contribution in [0.2, 0.25) is 0 Å². The fourth-order valence-electron chi connectivity index (χ4n) is 1.06. The van der Waals surface area contributed by atoms with E-state index in [0.29, 0.717) is 18.9 Å². The van der Waals surface area contributed by atoms with E-state index in [1.165, 1.54) is 24.6 Å². The maximum Gasteiger partial charge on any atom is 0.407 e. The van der Waals surface area contributed by atoms with E-state index in [2.05, 4.69) is 12.2 Å². The molecule has 1 amide bonds. The molecule has 0 radical (unpaired) electrons. The highest BCUT2D eigenvalue weighted by molar-refractivity contribution is 8.13. The van der Waals surface area contributed by atoms with Gasteiger partial charge in [-0.3, -0.25) is 5.41 Å². The summed E-state index contributed by atoms with van der Waals surface area (Å²) in [6, 6.07) is 0. The zero-order chi connectivity index (χ0) is 12.2. The van der Waals surface area contributed by atoms with Crippen molar-refractivity contribution >= 4 is 23.0 Å². The summed E-state index contributed by atoms with van der Waals surface area (Å²) in [6.45, 7) is 3.09. The van der Waals surface area contributed by atoms with Gasteiger partial charge in [-0.2, -0.15) is 0 Å². The Labute approximate surface area is 101 Å². The largest absolute Gasteiger partial charge is 0.450 e. The minimum atomic E-state index is -0.388. The van der Waals surface area contributed by atoms with Gasteiger partial charge in [0.05, 0.1) is 6.61 Å². The second kappa shape index (κ2) is 10.6. The predicted molar refractivity (Wildman–Crippen MR) is 67.9 cm³/mol. The van der Waals surface area contributed by atoms with Gasteiger partial charge in [0, 0.05) is 12.3 Å². The van der Waals surface area contributed by atoms with Gasteiger partial charge in [0.25, 0.3) is 0 Å². The van der Waals surface area contributed by atoms with Crippen LogP contribution in [0.5, 0.6) is 0 Å². The van der Waals surface area contributed by atoms with Crippen molar-refractivity contribution in [1.82, 2.24) is 5.32 Å². The SMILES string of the molecule is CCCCCCOC(=O)NCCSC(=N)N. The van der Waals surface area contributed by atoms with E-state index < -0.39 is 0 Å². The van der Waals surface area contributed by atoms with Crippen LogP contribution in [0.3, 0.4) is 0 Å². The van der Waals surface area contributed by atoms with Crippen molar-refractivity contribution < 1.29 is 9.53 Å². The van der Waals surface area contributed by atoms with E-state index in [1.54, 1.807) is 0 Å². The van der Waals surface area contributed by atoms with Crippen LogP contribution in [-0.2, 0) is 4.74 Å². The Kier molecular flexibility index (Phi) is 10.00. The molecule has 0 unspecified atom stereocenters. The molecule has 0 aromatic rings. The van der Waals surface area contributed by atoms with Gasteiger partial charge < -0.3 is 15.8 Å². The smallest absolute Gasteiger partial charge is 0.407 e. The molecular weight excluding hydrogens is 226 g/mol. The summed E-state index contributed by atoms with van der Waals surface area (Å²) in [7, 11) is 0. The van der Waals surface area contributed by atoms with Crippen LogP contribution in [0.4, 0.5) is 4.79 Å². The molecule has 0 aliphatic rings. The molecule has 0 saturated heterocycles. The second-order valence-corrected chi connectivity index (χ2v) is 4.47. The topological polar surface area (TPSA) is 88.2 Å². The number of hydrogen-bond acceptors (Lipinski definition) is 4. The first-order valence-corrected chi connectivity index (χ1v) is 6.52. The Morgan fingerprint density at radius 3 is 2.81 bits per heavy atom. The van der Waals surface area contributed by atoms with E-state index in [4.69, 9.17) is 15.9 Å². The number of carbonyl (C=O) groups is 1. The van der Waals surface area contributed by atoms with Gasteiger partial charge in [0.2, 0.25) is 0 Å². The maximum absolute atomic E-state index is 11.1.